The van der Waals surface area contributed by atoms with Crippen molar-refractivity contribution in [1.82, 2.24) is 15.1 Å². The highest BCUT2D eigenvalue weighted by molar-refractivity contribution is 8.08. The van der Waals surface area contributed by atoms with Crippen LogP contribution in [0.1, 0.15) is 26.2 Å². The van der Waals surface area contributed by atoms with E-state index in [1.165, 1.54) is 6.92 Å². The predicted molar refractivity (Wildman–Crippen MR) is 97.4 cm³/mol. The molecule has 4 unspecified atom stereocenters. The molecule has 0 aromatic heterocycles. The van der Waals surface area contributed by atoms with Gasteiger partial charge in [-0.05, 0) is 23.2 Å². The summed E-state index contributed by atoms with van der Waals surface area (Å²) in [4.78, 5) is 61.5. The maximum absolute atomic E-state index is 12.5. The van der Waals surface area contributed by atoms with Gasteiger partial charge in [-0.25, -0.2) is 13.9 Å². The topological polar surface area (TPSA) is 154 Å². The summed E-state index contributed by atoms with van der Waals surface area (Å²) in [5, 5.41) is 9.51. The molecule has 0 spiro atoms. The Morgan fingerprint density at radius 3 is 2.45 bits per heavy atom. The van der Waals surface area contributed by atoms with Gasteiger partial charge in [0.25, 0.3) is 0 Å². The number of imide groups is 1. The van der Waals surface area contributed by atoms with Gasteiger partial charge in [0.2, 0.25) is 23.6 Å². The van der Waals surface area contributed by atoms with Crippen LogP contribution in [-0.2, 0) is 38.7 Å². The summed E-state index contributed by atoms with van der Waals surface area (Å²) in [7, 11) is 3.47. The van der Waals surface area contributed by atoms with E-state index < -0.39 is 70.2 Å². The molecule has 11 nitrogen and oxygen atoms in total. The van der Waals surface area contributed by atoms with Gasteiger partial charge in [-0.1, -0.05) is 6.58 Å². The molecule has 4 atom stereocenters. The Balaban J connectivity index is 2.14. The zero-order valence-corrected chi connectivity index (χ0v) is 16.8. The highest BCUT2D eigenvalue weighted by Gasteiger charge is 2.56. The zero-order chi connectivity index (χ0) is 21.9. The summed E-state index contributed by atoms with van der Waals surface area (Å²) in [5.74, 6) is -3.52. The van der Waals surface area contributed by atoms with Crippen molar-refractivity contribution in [2.75, 3.05) is 6.73 Å². The van der Waals surface area contributed by atoms with Gasteiger partial charge >= 0.3 is 5.97 Å². The molecule has 4 amide bonds. The third-order valence-electron chi connectivity index (χ3n) is 4.28. The van der Waals surface area contributed by atoms with Gasteiger partial charge in [-0.2, -0.15) is 5.26 Å². The number of amides is 4. The Labute approximate surface area is 172 Å². The molecule has 0 aliphatic carbocycles. The molecule has 0 aromatic rings. The van der Waals surface area contributed by atoms with Crippen LogP contribution in [0.4, 0.5) is 0 Å². The number of ether oxygens (including phenoxy) is 1. The summed E-state index contributed by atoms with van der Waals surface area (Å²) >= 11 is 0. The Bertz CT molecular complexity index is 839. The van der Waals surface area contributed by atoms with Gasteiger partial charge in [-0.3, -0.25) is 19.2 Å². The molecule has 13 heteroatoms. The van der Waals surface area contributed by atoms with Crippen LogP contribution in [-0.4, -0.2) is 67.8 Å². The van der Waals surface area contributed by atoms with Gasteiger partial charge < -0.3 is 15.0 Å². The van der Waals surface area contributed by atoms with Crippen molar-refractivity contribution in [2.24, 2.45) is 0 Å². The molecular weight excluding hydrogens is 428 g/mol. The molecule has 0 radical (unpaired) electrons. The number of β-lactam (4-membered cyclic amide) rings is 1. The van der Waals surface area contributed by atoms with Crippen molar-refractivity contribution in [3.63, 3.8) is 0 Å². The number of carbonyl (C=O) groups is 5. The maximum atomic E-state index is 12.5. The maximum Gasteiger partial charge on any atom is 0.334 e. The largest absolute Gasteiger partial charge is 0.442 e. The van der Waals surface area contributed by atoms with Crippen molar-refractivity contribution < 1.29 is 32.9 Å². The Morgan fingerprint density at radius 2 is 1.97 bits per heavy atom. The molecule has 0 bridgehead atoms. The molecule has 2 rings (SSSR count). The highest BCUT2D eigenvalue weighted by atomic mass is 35.7. The molecule has 0 saturated carbocycles. The lowest BCUT2D eigenvalue weighted by Crippen LogP contribution is -2.75. The zero-order valence-electron chi connectivity index (χ0n) is 15.3. The number of rotatable bonds is 8. The third kappa shape index (κ3) is 4.63. The lowest BCUT2D eigenvalue weighted by atomic mass is 9.99. The predicted octanol–water partition coefficient (Wildman–Crippen LogP) is -0.950. The third-order valence-corrected chi connectivity index (χ3v) is 5.71. The van der Waals surface area contributed by atoms with Crippen molar-refractivity contribution in [3.05, 3.63) is 12.2 Å². The molecule has 2 fully saturated rings. The number of hydrogen-bond acceptors (Lipinski definition) is 8. The SMILES string of the molecule is C=C(C)C(C(=O)OCN1C(=O)CCC1=O)N1C(=O)C(NC(=O)CC#N)C1S(=O)Cl. The summed E-state index contributed by atoms with van der Waals surface area (Å²) in [5.41, 5.74) is 0.149. The van der Waals surface area contributed by atoms with Crippen LogP contribution in [0.15, 0.2) is 12.2 Å². The number of nitrogens with one attached hydrogen (secondary N) is 1. The fourth-order valence-electron chi connectivity index (χ4n) is 2.91. The average Bonchev–Trinajstić information content (AvgIpc) is 2.95. The van der Waals surface area contributed by atoms with Crippen LogP contribution >= 0.6 is 10.7 Å². The van der Waals surface area contributed by atoms with E-state index in [-0.39, 0.29) is 18.4 Å². The molecule has 2 aliphatic heterocycles. The number of nitriles is 1. The minimum atomic E-state index is -2.18. The first-order chi connectivity index (χ1) is 13.6. The van der Waals surface area contributed by atoms with Gasteiger partial charge in [0.05, 0.1) is 6.07 Å². The number of esters is 1. The summed E-state index contributed by atoms with van der Waals surface area (Å²) in [6.07, 6.45) is -0.486. The minimum absolute atomic E-state index is 0.0162. The molecule has 2 heterocycles. The van der Waals surface area contributed by atoms with E-state index in [0.29, 0.717) is 0 Å². The summed E-state index contributed by atoms with van der Waals surface area (Å²) < 4.78 is 16.9. The standard InChI is InChI=1S/C16H17ClN4O7S/c1-8(2)13(16(26)28-7-20-10(23)3-4-11(20)24)21-14(25)12(15(21)29(17)27)19-9(22)5-6-18/h12-13,15H,1,3-5,7H2,2H3,(H,19,22). The van der Waals surface area contributed by atoms with Crippen LogP contribution < -0.4 is 5.32 Å². The van der Waals surface area contributed by atoms with E-state index >= 15 is 0 Å². The molecule has 29 heavy (non-hydrogen) atoms. The number of likely N-dealkylation sites (tertiary alicyclic amines) is 2. The Hall–Kier alpha value is -2.78. The van der Waals surface area contributed by atoms with Crippen molar-refractivity contribution in [2.45, 2.75) is 43.6 Å². The van der Waals surface area contributed by atoms with Crippen molar-refractivity contribution in [1.29, 1.82) is 5.26 Å². The lowest BCUT2D eigenvalue weighted by molar-refractivity contribution is -0.167. The first-order valence-corrected chi connectivity index (χ1v) is 10.3. The lowest BCUT2D eigenvalue weighted by Gasteiger charge is -2.48. The number of nitrogens with zero attached hydrogens (tertiary/aromatic N) is 3. The highest BCUT2D eigenvalue weighted by Crippen LogP contribution is 2.31. The molecule has 2 aliphatic rings. The van der Waals surface area contributed by atoms with Gasteiger partial charge in [-0.15, -0.1) is 0 Å². The monoisotopic (exact) mass is 444 g/mol. The van der Waals surface area contributed by atoms with Crippen LogP contribution in [0.2, 0.25) is 0 Å². The molecule has 1 N–H and O–H groups in total. The van der Waals surface area contributed by atoms with E-state index in [9.17, 15) is 28.2 Å². The van der Waals surface area contributed by atoms with E-state index in [1.54, 1.807) is 6.07 Å². The van der Waals surface area contributed by atoms with Crippen LogP contribution in [0.25, 0.3) is 0 Å². The van der Waals surface area contributed by atoms with E-state index in [0.717, 1.165) is 9.80 Å². The summed E-state index contributed by atoms with van der Waals surface area (Å²) in [6.45, 7) is 4.41. The first kappa shape index (κ1) is 22.5. The second kappa shape index (κ2) is 9.15. The number of carbonyl (C=O) groups excluding carboxylic acids is 5. The van der Waals surface area contributed by atoms with Gasteiger partial charge in [0, 0.05) is 12.8 Å². The fourth-order valence-corrected chi connectivity index (χ4v) is 4.28. The average molecular weight is 445 g/mol. The number of hydrogen-bond donors (Lipinski definition) is 1. The van der Waals surface area contributed by atoms with Crippen LogP contribution in [0, 0.1) is 11.3 Å². The van der Waals surface area contributed by atoms with Gasteiger partial charge in [0.15, 0.2) is 18.1 Å². The Morgan fingerprint density at radius 1 is 1.38 bits per heavy atom. The molecule has 0 aromatic carbocycles. The van der Waals surface area contributed by atoms with Crippen LogP contribution in [0.5, 0.6) is 0 Å². The smallest absolute Gasteiger partial charge is 0.334 e. The quantitative estimate of drug-likeness (QED) is 0.165. The van der Waals surface area contributed by atoms with Crippen LogP contribution in [0.3, 0.4) is 0 Å². The van der Waals surface area contributed by atoms with E-state index in [4.69, 9.17) is 20.7 Å². The summed E-state index contributed by atoms with van der Waals surface area (Å²) in [6, 6.07) is -1.08. The molecule has 156 valence electrons. The van der Waals surface area contributed by atoms with Crippen molar-refractivity contribution >= 4 is 50.3 Å². The second-order valence-electron chi connectivity index (χ2n) is 6.32. The molecule has 2 saturated heterocycles. The van der Waals surface area contributed by atoms with E-state index in [2.05, 4.69) is 11.9 Å². The number of halogens is 1. The minimum Gasteiger partial charge on any atom is -0.442 e. The fraction of sp³-hybridized carbons (Fsp3) is 0.500. The Kier molecular flexibility index (Phi) is 7.10. The first-order valence-electron chi connectivity index (χ1n) is 8.30. The van der Waals surface area contributed by atoms with E-state index in [1.807, 2.05) is 0 Å². The van der Waals surface area contributed by atoms with Gasteiger partial charge in [0.1, 0.15) is 22.5 Å². The normalized spacial score (nSPS) is 23.1. The van der Waals surface area contributed by atoms with Crippen molar-refractivity contribution in [3.8, 4) is 6.07 Å². The molecular formula is C16H17ClN4O7S. The second-order valence-corrected chi connectivity index (χ2v) is 8.21.